The SMILES string of the molecule is C=C(CCCOCCOCCOCCOCCOCCOCCN)OC(C)(C)C.C=C(CCCOCCOCCOCCOCCOCCOCCOC(=O)[C@@H]1CSCCC(=O)NCC(=O)C1)OC(C)(C)C.O=C1CCSC[C@@H](C(=O)O)NC(=O)CC1.S. The molecule has 516 valence electrons. The molecule has 0 aromatic rings. The highest BCUT2D eigenvalue weighted by Gasteiger charge is 2.25. The third kappa shape index (κ3) is 63.0. The van der Waals surface area contributed by atoms with Crippen molar-refractivity contribution in [2.75, 3.05) is 201 Å². The molecule has 2 heterocycles. The molecule has 2 saturated heterocycles. The fourth-order valence-electron chi connectivity index (χ4n) is 6.96. The van der Waals surface area contributed by atoms with Crippen LogP contribution in [0.3, 0.4) is 0 Å². The Morgan fingerprint density at radius 3 is 1.25 bits per heavy atom. The van der Waals surface area contributed by atoms with Crippen LogP contribution in [0.5, 0.6) is 0 Å². The molecule has 2 aliphatic rings. The first-order chi connectivity index (χ1) is 41.7. The number of carbonyl (C=O) groups is 6. The predicted octanol–water partition coefficient (Wildman–Crippen LogP) is 4.88. The van der Waals surface area contributed by atoms with Crippen LogP contribution in [-0.4, -0.2) is 259 Å². The van der Waals surface area contributed by atoms with E-state index in [4.69, 9.17) is 81.9 Å². The number of carboxylic acids is 1. The number of ketones is 2. The first-order valence-corrected chi connectivity index (χ1v) is 32.5. The average Bonchev–Trinajstić information content (AvgIpc) is 3.55. The van der Waals surface area contributed by atoms with Crippen molar-refractivity contribution >= 4 is 72.3 Å². The molecular weight excluding hydrogens is 1210 g/mol. The molecular formula is C60H111N3O22S3. The molecule has 88 heavy (non-hydrogen) atoms. The number of hydrogen-bond donors (Lipinski definition) is 4. The molecule has 0 aromatic carbocycles. The van der Waals surface area contributed by atoms with E-state index in [2.05, 4.69) is 23.8 Å². The lowest BCUT2D eigenvalue weighted by Gasteiger charge is -2.22. The van der Waals surface area contributed by atoms with E-state index in [1.54, 1.807) is 0 Å². The maximum atomic E-state index is 12.3. The highest BCUT2D eigenvalue weighted by molar-refractivity contribution is 7.99. The van der Waals surface area contributed by atoms with Crippen molar-refractivity contribution in [3.63, 3.8) is 0 Å². The second-order valence-corrected chi connectivity index (χ2v) is 23.7. The molecule has 0 bridgehead atoms. The summed E-state index contributed by atoms with van der Waals surface area (Å²) in [6.07, 6.45) is 4.47. The minimum Gasteiger partial charge on any atom is -0.493 e. The van der Waals surface area contributed by atoms with Gasteiger partial charge in [0, 0.05) is 87.7 Å². The van der Waals surface area contributed by atoms with Crippen LogP contribution in [0.4, 0.5) is 0 Å². The van der Waals surface area contributed by atoms with Gasteiger partial charge in [-0.1, -0.05) is 13.2 Å². The number of carbonyl (C=O) groups excluding carboxylic acids is 5. The maximum Gasteiger partial charge on any atom is 0.327 e. The number of nitrogens with two attached hydrogens (primary N) is 1. The Balaban J connectivity index is 0. The number of rotatable bonds is 47. The number of aliphatic carboxylic acids is 1. The first kappa shape index (κ1) is 86.9. The molecule has 0 saturated carbocycles. The minimum absolute atomic E-state index is 0. The van der Waals surface area contributed by atoms with Gasteiger partial charge < -0.3 is 92.5 Å². The number of ether oxygens (including phenoxy) is 15. The van der Waals surface area contributed by atoms with E-state index in [0.29, 0.717) is 194 Å². The standard InChI is InChI=1S/C30H53NO11S.C21H43NO7.C9H13NO4S.H2S/c1-25(42-30(2,3)4)6-5-8-35-9-10-36-11-12-37-13-14-38-15-16-39-17-18-40-19-20-41-29(34)26-22-27(32)23-31-28(33)7-21-43-24-26;1-20(29-21(2,3)4)6-5-8-23-10-12-25-14-16-27-18-19-28-17-15-26-13-11-24-9-7-22;11-6-1-2-8(12)10-7(9(13)14)5-15-4-3-6;/h26H,1,5-24H2,2-4H3,(H,31,33);1,5-19,22H2,2-4H3;7H,1-5H2,(H,10,12)(H,13,14);1H2/t26-;;7-;/m0.0./s1. The van der Waals surface area contributed by atoms with E-state index in [9.17, 15) is 28.8 Å². The quantitative estimate of drug-likeness (QED) is 0.0359. The van der Waals surface area contributed by atoms with Crippen LogP contribution in [0.2, 0.25) is 0 Å². The van der Waals surface area contributed by atoms with Gasteiger partial charge in [0.25, 0.3) is 0 Å². The molecule has 2 fully saturated rings. The van der Waals surface area contributed by atoms with Crippen molar-refractivity contribution in [3.8, 4) is 0 Å². The number of carboxylic acid groups (broad SMARTS) is 1. The van der Waals surface area contributed by atoms with Gasteiger partial charge >= 0.3 is 11.9 Å². The molecule has 2 rings (SSSR count). The van der Waals surface area contributed by atoms with Gasteiger partial charge in [-0.15, -0.1) is 0 Å². The number of Topliss-reactive ketones (excluding diaryl/α,β-unsaturated/α-hetero) is 2. The lowest BCUT2D eigenvalue weighted by atomic mass is 10.0. The Labute approximate surface area is 539 Å². The summed E-state index contributed by atoms with van der Waals surface area (Å²) in [6, 6.07) is -0.837. The minimum atomic E-state index is -1.03. The smallest absolute Gasteiger partial charge is 0.327 e. The Bertz CT molecular complexity index is 1800. The van der Waals surface area contributed by atoms with Crippen molar-refractivity contribution in [2.45, 2.75) is 117 Å². The summed E-state index contributed by atoms with van der Waals surface area (Å²) in [4.78, 5) is 68.9. The van der Waals surface area contributed by atoms with Crippen LogP contribution in [0.1, 0.15) is 99.3 Å². The van der Waals surface area contributed by atoms with E-state index >= 15 is 0 Å². The summed E-state index contributed by atoms with van der Waals surface area (Å²) in [7, 11) is 0. The van der Waals surface area contributed by atoms with E-state index in [1.165, 1.54) is 23.5 Å². The number of nitrogens with one attached hydrogen (secondary N) is 2. The van der Waals surface area contributed by atoms with Crippen LogP contribution in [0.25, 0.3) is 0 Å². The normalized spacial score (nSPS) is 16.1. The second kappa shape index (κ2) is 60.1. The van der Waals surface area contributed by atoms with E-state index in [1.807, 2.05) is 41.5 Å². The Morgan fingerprint density at radius 1 is 0.500 bits per heavy atom. The lowest BCUT2D eigenvalue weighted by Crippen LogP contribution is -2.43. The molecule has 0 unspecified atom stereocenters. The topological polar surface area (TPSA) is 311 Å². The van der Waals surface area contributed by atoms with E-state index in [-0.39, 0.29) is 87.1 Å². The fraction of sp³-hybridized carbons (Fsp3) is 0.833. The van der Waals surface area contributed by atoms with Crippen molar-refractivity contribution in [1.29, 1.82) is 0 Å². The summed E-state index contributed by atoms with van der Waals surface area (Å²) in [5.41, 5.74) is 4.91. The highest BCUT2D eigenvalue weighted by atomic mass is 32.2. The number of allylic oxidation sites excluding steroid dienone is 2. The summed E-state index contributed by atoms with van der Waals surface area (Å²) < 4.78 is 81.8. The monoisotopic (exact) mass is 1320 g/mol. The first-order valence-electron chi connectivity index (χ1n) is 30.2. The lowest BCUT2D eigenvalue weighted by molar-refractivity contribution is -0.150. The molecule has 2 amide bonds. The van der Waals surface area contributed by atoms with Crippen molar-refractivity contribution in [2.24, 2.45) is 11.7 Å². The predicted molar refractivity (Wildman–Crippen MR) is 342 cm³/mol. The van der Waals surface area contributed by atoms with Gasteiger partial charge in [-0.05, 0) is 54.4 Å². The third-order valence-electron chi connectivity index (χ3n) is 11.0. The van der Waals surface area contributed by atoms with Crippen molar-refractivity contribution < 1.29 is 105 Å². The average molecular weight is 1320 g/mol. The second-order valence-electron chi connectivity index (χ2n) is 21.4. The molecule has 25 nitrogen and oxygen atoms in total. The van der Waals surface area contributed by atoms with Gasteiger partial charge in [-0.3, -0.25) is 24.0 Å². The Kier molecular flexibility index (Phi) is 59.3. The van der Waals surface area contributed by atoms with Gasteiger partial charge in [0.1, 0.15) is 29.6 Å². The van der Waals surface area contributed by atoms with Crippen LogP contribution >= 0.6 is 37.0 Å². The van der Waals surface area contributed by atoms with E-state index < -0.39 is 23.9 Å². The summed E-state index contributed by atoms with van der Waals surface area (Å²) in [5, 5.41) is 13.8. The van der Waals surface area contributed by atoms with Gasteiger partial charge in [-0.25, -0.2) is 4.79 Å². The summed E-state index contributed by atoms with van der Waals surface area (Å²) in [6.45, 7) is 32.8. The number of amides is 2. The van der Waals surface area contributed by atoms with E-state index in [0.717, 1.165) is 37.2 Å². The number of thioether (sulfide) groups is 2. The van der Waals surface area contributed by atoms with Crippen LogP contribution < -0.4 is 16.4 Å². The number of hydrogen-bond acceptors (Lipinski definition) is 24. The van der Waals surface area contributed by atoms with Gasteiger partial charge in [0.15, 0.2) is 5.78 Å². The van der Waals surface area contributed by atoms with Gasteiger partial charge in [-0.2, -0.15) is 37.0 Å². The Hall–Kier alpha value is -3.17. The van der Waals surface area contributed by atoms with Gasteiger partial charge in [0.2, 0.25) is 11.8 Å². The largest absolute Gasteiger partial charge is 0.493 e. The molecule has 0 aliphatic carbocycles. The highest BCUT2D eigenvalue weighted by Crippen LogP contribution is 2.19. The summed E-state index contributed by atoms with van der Waals surface area (Å²) in [5.74, 6) is 1.01. The fourth-order valence-corrected chi connectivity index (χ4v) is 8.99. The number of esters is 1. The van der Waals surface area contributed by atoms with Crippen LogP contribution in [0, 0.1) is 5.92 Å². The molecule has 2 aliphatic heterocycles. The molecule has 28 heteroatoms. The van der Waals surface area contributed by atoms with Crippen LogP contribution in [-0.2, 0) is 99.8 Å². The zero-order valence-corrected chi connectivity index (χ0v) is 56.4. The molecule has 5 N–H and O–H groups in total. The molecule has 0 aromatic heterocycles. The maximum absolute atomic E-state index is 12.3. The van der Waals surface area contributed by atoms with Crippen molar-refractivity contribution in [3.05, 3.63) is 24.7 Å². The molecule has 0 radical (unpaired) electrons. The zero-order chi connectivity index (χ0) is 64.5. The van der Waals surface area contributed by atoms with Crippen LogP contribution in [0.15, 0.2) is 24.7 Å². The molecule has 2 atom stereocenters. The van der Waals surface area contributed by atoms with Crippen molar-refractivity contribution in [1.82, 2.24) is 10.6 Å². The summed E-state index contributed by atoms with van der Waals surface area (Å²) >= 11 is 2.85. The zero-order valence-electron chi connectivity index (χ0n) is 53.8. The third-order valence-corrected chi connectivity index (χ3v) is 13.2. The van der Waals surface area contributed by atoms with Gasteiger partial charge in [0.05, 0.1) is 169 Å². The molecule has 0 spiro atoms. The Morgan fingerprint density at radius 2 is 0.864 bits per heavy atom.